The molecule has 2 aliphatic rings. The predicted octanol–water partition coefficient (Wildman–Crippen LogP) is 3.14. The van der Waals surface area contributed by atoms with Gasteiger partial charge in [-0.25, -0.2) is 8.78 Å². The third kappa shape index (κ3) is 3.55. The van der Waals surface area contributed by atoms with E-state index in [0.29, 0.717) is 6.42 Å². The summed E-state index contributed by atoms with van der Waals surface area (Å²) in [6.45, 7) is 2.29. The van der Waals surface area contributed by atoms with Gasteiger partial charge in [0.15, 0.2) is 0 Å². The number of amides is 1. The summed E-state index contributed by atoms with van der Waals surface area (Å²) in [7, 11) is 0. The summed E-state index contributed by atoms with van der Waals surface area (Å²) in [4.78, 5) is 16.2. The lowest BCUT2D eigenvalue weighted by molar-refractivity contribution is -0.131. The van der Waals surface area contributed by atoms with Crippen LogP contribution in [0.2, 0.25) is 0 Å². The minimum Gasteiger partial charge on any atom is -0.334 e. The monoisotopic (exact) mass is 322 g/mol. The zero-order valence-corrected chi connectivity index (χ0v) is 13.4. The van der Waals surface area contributed by atoms with Crippen LogP contribution in [0.5, 0.6) is 0 Å². The Morgan fingerprint density at radius 2 is 2.04 bits per heavy atom. The minimum atomic E-state index is -0.472. The van der Waals surface area contributed by atoms with Crippen LogP contribution in [-0.4, -0.2) is 47.6 Å². The van der Waals surface area contributed by atoms with E-state index in [2.05, 4.69) is 4.90 Å². The molecular weight excluding hydrogens is 298 g/mol. The molecule has 0 saturated carbocycles. The van der Waals surface area contributed by atoms with Gasteiger partial charge in [-0.2, -0.15) is 0 Å². The van der Waals surface area contributed by atoms with Gasteiger partial charge in [-0.3, -0.25) is 9.69 Å². The van der Waals surface area contributed by atoms with E-state index < -0.39 is 6.67 Å². The average molecular weight is 322 g/mol. The van der Waals surface area contributed by atoms with Crippen molar-refractivity contribution in [2.75, 3.05) is 26.3 Å². The molecule has 5 heteroatoms. The number of hydrogen-bond acceptors (Lipinski definition) is 2. The van der Waals surface area contributed by atoms with E-state index in [4.69, 9.17) is 0 Å². The fourth-order valence-corrected chi connectivity index (χ4v) is 4.13. The number of carbonyl (C=O) groups excluding carboxylic acids is 1. The zero-order chi connectivity index (χ0) is 16.3. The van der Waals surface area contributed by atoms with Gasteiger partial charge in [0, 0.05) is 31.6 Å². The number of carbonyl (C=O) groups is 1. The lowest BCUT2D eigenvalue weighted by Gasteiger charge is -2.37. The second-order valence-corrected chi connectivity index (χ2v) is 6.72. The van der Waals surface area contributed by atoms with Gasteiger partial charge in [-0.05, 0) is 49.9 Å². The molecule has 0 bridgehead atoms. The van der Waals surface area contributed by atoms with Gasteiger partial charge >= 0.3 is 0 Å². The van der Waals surface area contributed by atoms with E-state index in [1.54, 1.807) is 17.0 Å². The van der Waals surface area contributed by atoms with Crippen LogP contribution >= 0.6 is 0 Å². The fraction of sp³-hybridized carbons (Fsp3) is 0.611. The van der Waals surface area contributed by atoms with Crippen molar-refractivity contribution in [1.29, 1.82) is 0 Å². The maximum atomic E-state index is 13.3. The van der Waals surface area contributed by atoms with Gasteiger partial charge < -0.3 is 4.90 Å². The van der Waals surface area contributed by atoms with Crippen molar-refractivity contribution in [3.63, 3.8) is 0 Å². The summed E-state index contributed by atoms with van der Waals surface area (Å²) in [6, 6.07) is 6.72. The molecule has 1 atom stereocenters. The SMILES string of the molecule is O=C1CCC2(CCCN(Cc3cccc(F)c3)CC2)N1CCF. The summed E-state index contributed by atoms with van der Waals surface area (Å²) in [5, 5.41) is 0. The summed E-state index contributed by atoms with van der Waals surface area (Å²) < 4.78 is 26.1. The van der Waals surface area contributed by atoms with E-state index in [9.17, 15) is 13.6 Å². The first kappa shape index (κ1) is 16.4. The lowest BCUT2D eigenvalue weighted by Crippen LogP contribution is -2.47. The Balaban J connectivity index is 1.66. The standard InChI is InChI=1S/C18H24F2N2O/c19-9-12-22-17(23)5-7-18(22)6-2-10-21(11-8-18)14-15-3-1-4-16(20)13-15/h1,3-4,13H,2,5-12,14H2. The molecule has 2 fully saturated rings. The van der Waals surface area contributed by atoms with E-state index in [-0.39, 0.29) is 23.8 Å². The lowest BCUT2D eigenvalue weighted by atomic mass is 9.88. The third-order valence-corrected chi connectivity index (χ3v) is 5.29. The molecule has 0 aromatic heterocycles. The Morgan fingerprint density at radius 3 is 2.83 bits per heavy atom. The largest absolute Gasteiger partial charge is 0.334 e. The maximum Gasteiger partial charge on any atom is 0.223 e. The average Bonchev–Trinajstić information content (AvgIpc) is 2.71. The highest BCUT2D eigenvalue weighted by Gasteiger charge is 2.45. The number of nitrogens with zero attached hydrogens (tertiary/aromatic N) is 2. The topological polar surface area (TPSA) is 23.6 Å². The van der Waals surface area contributed by atoms with Gasteiger partial charge in [-0.15, -0.1) is 0 Å². The van der Waals surface area contributed by atoms with E-state index in [1.807, 2.05) is 6.07 Å². The molecule has 3 rings (SSSR count). The first-order valence-corrected chi connectivity index (χ1v) is 8.46. The van der Waals surface area contributed by atoms with E-state index >= 15 is 0 Å². The molecule has 1 aromatic carbocycles. The highest BCUT2D eigenvalue weighted by molar-refractivity contribution is 5.79. The molecule has 3 nitrogen and oxygen atoms in total. The second-order valence-electron chi connectivity index (χ2n) is 6.72. The summed E-state index contributed by atoms with van der Waals surface area (Å²) >= 11 is 0. The third-order valence-electron chi connectivity index (χ3n) is 5.29. The normalized spacial score (nSPS) is 26.0. The van der Waals surface area contributed by atoms with Crippen LogP contribution in [0.25, 0.3) is 0 Å². The van der Waals surface area contributed by atoms with E-state index in [1.165, 1.54) is 6.07 Å². The van der Waals surface area contributed by atoms with Crippen LogP contribution in [-0.2, 0) is 11.3 Å². The molecule has 0 aliphatic carbocycles. The highest BCUT2D eigenvalue weighted by atomic mass is 19.1. The van der Waals surface area contributed by atoms with E-state index in [0.717, 1.165) is 50.9 Å². The number of hydrogen-bond donors (Lipinski definition) is 0. The van der Waals surface area contributed by atoms with Crippen LogP contribution in [0.1, 0.15) is 37.7 Å². The highest BCUT2D eigenvalue weighted by Crippen LogP contribution is 2.39. The van der Waals surface area contributed by atoms with Gasteiger partial charge in [0.05, 0.1) is 0 Å². The fourth-order valence-electron chi connectivity index (χ4n) is 4.13. The van der Waals surface area contributed by atoms with Gasteiger partial charge in [0.1, 0.15) is 12.5 Å². The van der Waals surface area contributed by atoms with Crippen molar-refractivity contribution in [1.82, 2.24) is 9.80 Å². The van der Waals surface area contributed by atoms with Gasteiger partial charge in [0.2, 0.25) is 5.91 Å². The van der Waals surface area contributed by atoms with Crippen molar-refractivity contribution < 1.29 is 13.6 Å². The number of rotatable bonds is 4. The maximum absolute atomic E-state index is 13.3. The number of likely N-dealkylation sites (tertiary alicyclic amines) is 2. The molecular formula is C18H24F2N2O. The molecule has 2 aliphatic heterocycles. The number of alkyl halides is 1. The van der Waals surface area contributed by atoms with Crippen LogP contribution < -0.4 is 0 Å². The molecule has 1 unspecified atom stereocenters. The first-order valence-electron chi connectivity index (χ1n) is 8.46. The number of halogens is 2. The van der Waals surface area contributed by atoms with Gasteiger partial charge in [0.25, 0.3) is 0 Å². The number of benzene rings is 1. The molecule has 126 valence electrons. The van der Waals surface area contributed by atoms with Crippen LogP contribution in [0.4, 0.5) is 8.78 Å². The Labute approximate surface area is 136 Å². The second kappa shape index (κ2) is 6.95. The Morgan fingerprint density at radius 1 is 1.17 bits per heavy atom. The van der Waals surface area contributed by atoms with Crippen molar-refractivity contribution in [2.24, 2.45) is 0 Å². The molecule has 2 heterocycles. The van der Waals surface area contributed by atoms with Crippen LogP contribution in [0.3, 0.4) is 0 Å². The quantitative estimate of drug-likeness (QED) is 0.850. The molecule has 2 saturated heterocycles. The zero-order valence-electron chi connectivity index (χ0n) is 13.4. The summed E-state index contributed by atoms with van der Waals surface area (Å²) in [6.07, 6.45) is 4.21. The van der Waals surface area contributed by atoms with Gasteiger partial charge in [-0.1, -0.05) is 12.1 Å². The van der Waals surface area contributed by atoms with Crippen LogP contribution in [0, 0.1) is 5.82 Å². The Hall–Kier alpha value is -1.49. The van der Waals surface area contributed by atoms with Crippen molar-refractivity contribution >= 4 is 5.91 Å². The summed E-state index contributed by atoms with van der Waals surface area (Å²) in [5.74, 6) is -0.106. The Kier molecular flexibility index (Phi) is 4.95. The predicted molar refractivity (Wildman–Crippen MR) is 85.2 cm³/mol. The van der Waals surface area contributed by atoms with Crippen molar-refractivity contribution in [3.05, 3.63) is 35.6 Å². The molecule has 0 radical (unpaired) electrons. The van der Waals surface area contributed by atoms with Crippen molar-refractivity contribution in [2.45, 2.75) is 44.2 Å². The van der Waals surface area contributed by atoms with Crippen molar-refractivity contribution in [3.8, 4) is 0 Å². The first-order chi connectivity index (χ1) is 11.1. The molecule has 23 heavy (non-hydrogen) atoms. The Bertz CT molecular complexity index is 566. The smallest absolute Gasteiger partial charge is 0.223 e. The molecule has 1 aromatic rings. The van der Waals surface area contributed by atoms with Crippen LogP contribution in [0.15, 0.2) is 24.3 Å². The molecule has 0 N–H and O–H groups in total. The molecule has 1 amide bonds. The summed E-state index contributed by atoms with van der Waals surface area (Å²) in [5.41, 5.74) is 0.823. The minimum absolute atomic E-state index is 0.0984. The molecule has 1 spiro atoms.